The van der Waals surface area contributed by atoms with E-state index in [1.807, 2.05) is 18.9 Å². The molecule has 240 valence electrons. The summed E-state index contributed by atoms with van der Waals surface area (Å²) in [7, 11) is 1.99. The number of aromatic nitrogens is 3. The van der Waals surface area contributed by atoms with Gasteiger partial charge in [-0.2, -0.15) is 13.2 Å². The molecule has 0 aliphatic carbocycles. The van der Waals surface area contributed by atoms with Crippen molar-refractivity contribution in [1.82, 2.24) is 24.2 Å². The normalized spacial score (nSPS) is 14.1. The van der Waals surface area contributed by atoms with Gasteiger partial charge < -0.3 is 15.5 Å². The van der Waals surface area contributed by atoms with Crippen LogP contribution < -0.4 is 10.6 Å². The molecule has 4 heterocycles. The Balaban J connectivity index is 1.20. The van der Waals surface area contributed by atoms with Crippen molar-refractivity contribution in [2.75, 3.05) is 43.9 Å². The second-order valence-electron chi connectivity index (χ2n) is 11.4. The van der Waals surface area contributed by atoms with Crippen LogP contribution in [-0.4, -0.2) is 63.3 Å². The van der Waals surface area contributed by atoms with Gasteiger partial charge in [-0.25, -0.2) is 14.4 Å². The number of nitrogens with one attached hydrogen (secondary N) is 2. The number of carbonyl (C=O) groups is 1. The maximum absolute atomic E-state index is 14.2. The fourth-order valence-electron chi connectivity index (χ4n) is 5.34. The third-order valence-corrected chi connectivity index (χ3v) is 8.04. The van der Waals surface area contributed by atoms with Gasteiger partial charge in [0.1, 0.15) is 5.69 Å². The average Bonchev–Trinajstić information content (AvgIpc) is 3.47. The molecule has 0 radical (unpaired) electrons. The van der Waals surface area contributed by atoms with Crippen LogP contribution in [-0.2, 0) is 12.7 Å². The number of benzene rings is 2. The van der Waals surface area contributed by atoms with Crippen molar-refractivity contribution in [3.63, 3.8) is 0 Å². The van der Waals surface area contributed by atoms with Crippen LogP contribution >= 0.6 is 0 Å². The van der Waals surface area contributed by atoms with Gasteiger partial charge in [0, 0.05) is 61.9 Å². The molecule has 1 aliphatic rings. The maximum atomic E-state index is 14.2. The van der Waals surface area contributed by atoms with Crippen LogP contribution in [0, 0.1) is 24.6 Å². The van der Waals surface area contributed by atoms with Crippen molar-refractivity contribution in [3.8, 4) is 11.8 Å². The highest BCUT2D eigenvalue weighted by atomic mass is 19.4. The maximum Gasteiger partial charge on any atom is 0.416 e. The Kier molecular flexibility index (Phi) is 8.93. The van der Waals surface area contributed by atoms with Crippen molar-refractivity contribution in [1.29, 1.82) is 0 Å². The molecule has 5 aromatic rings. The number of fused-ring (bicyclic) bond motifs is 1. The van der Waals surface area contributed by atoms with E-state index in [2.05, 4.69) is 37.3 Å². The number of hydrogen-bond acceptors (Lipinski definition) is 6. The minimum Gasteiger partial charge on any atom is -0.335 e. The monoisotopic (exact) mass is 641 g/mol. The number of hydrogen-bond donors (Lipinski definition) is 2. The summed E-state index contributed by atoms with van der Waals surface area (Å²) in [6.07, 6.45) is 0.267. The molecule has 0 atom stereocenters. The molecule has 1 fully saturated rings. The number of amides is 1. The molecule has 8 nitrogen and oxygen atoms in total. The lowest BCUT2D eigenvalue weighted by Gasteiger charge is -2.33. The summed E-state index contributed by atoms with van der Waals surface area (Å²) in [6, 6.07) is 15.2. The zero-order valence-corrected chi connectivity index (χ0v) is 25.7. The number of piperazine rings is 1. The molecule has 0 unspecified atom stereocenters. The fraction of sp³-hybridized carbons (Fsp3) is 0.229. The van der Waals surface area contributed by atoms with Crippen LogP contribution in [0.3, 0.4) is 0 Å². The van der Waals surface area contributed by atoms with E-state index in [0.717, 1.165) is 24.7 Å². The summed E-state index contributed by atoms with van der Waals surface area (Å²) in [6.45, 7) is 5.00. The molecule has 47 heavy (non-hydrogen) atoms. The number of alkyl halides is 3. The predicted molar refractivity (Wildman–Crippen MR) is 172 cm³/mol. The number of aryl methyl sites for hydroxylation is 1. The lowest BCUT2D eigenvalue weighted by Crippen LogP contribution is -2.44. The molecule has 3 aromatic heterocycles. The molecule has 0 bridgehead atoms. The van der Waals surface area contributed by atoms with E-state index in [4.69, 9.17) is 0 Å². The van der Waals surface area contributed by atoms with Gasteiger partial charge in [0.15, 0.2) is 17.3 Å². The third kappa shape index (κ3) is 7.27. The first-order chi connectivity index (χ1) is 22.5. The summed E-state index contributed by atoms with van der Waals surface area (Å²) < 4.78 is 58.1. The molecule has 2 N–H and O–H groups in total. The van der Waals surface area contributed by atoms with Gasteiger partial charge >= 0.3 is 6.18 Å². The SMILES string of the molecule is Cc1ccc(C(=O)Nc2ccc(CN3CCN(C)CC3)c(C(F)(F)F)c2)cc1C#Cc1cnc2c(Nc3ncccc3F)cccn12. The smallest absolute Gasteiger partial charge is 0.335 e. The lowest BCUT2D eigenvalue weighted by molar-refractivity contribution is -0.138. The molecular weight excluding hydrogens is 610 g/mol. The number of carbonyl (C=O) groups excluding carboxylic acids is 1. The highest BCUT2D eigenvalue weighted by Crippen LogP contribution is 2.35. The molecule has 1 saturated heterocycles. The van der Waals surface area contributed by atoms with Gasteiger partial charge in [-0.1, -0.05) is 18.1 Å². The van der Waals surface area contributed by atoms with Gasteiger partial charge in [0.05, 0.1) is 17.4 Å². The zero-order chi connectivity index (χ0) is 33.1. The predicted octanol–water partition coefficient (Wildman–Crippen LogP) is 6.34. The Bertz CT molecular complexity index is 2000. The van der Waals surface area contributed by atoms with Gasteiger partial charge in [-0.3, -0.25) is 14.1 Å². The minimum atomic E-state index is -4.57. The van der Waals surface area contributed by atoms with Crippen molar-refractivity contribution in [3.05, 3.63) is 119 Å². The largest absolute Gasteiger partial charge is 0.416 e. The molecular formula is C35H31F4N7O. The number of likely N-dealkylation sites (N-methyl/N-ethyl adjacent to an activating group) is 1. The van der Waals surface area contributed by atoms with Gasteiger partial charge in [0.25, 0.3) is 5.91 Å². The standard InChI is InChI=1S/C35H31F4N7O/c1-23-7-8-25(34(47)42-27-11-9-26(29(20-27)35(37,38)39)22-45-17-15-44(2)16-18-45)19-24(23)10-12-28-21-41-33-31(6-4-14-46(28)33)43-32-30(36)5-3-13-40-32/h3-9,11,13-14,19-21H,15-18,22H2,1-2H3,(H,40,43)(H,42,47). The van der Waals surface area contributed by atoms with Crippen molar-refractivity contribution < 1.29 is 22.4 Å². The van der Waals surface area contributed by atoms with Crippen LogP contribution in [0.15, 0.2) is 79.3 Å². The Morgan fingerprint density at radius 3 is 2.55 bits per heavy atom. The summed E-state index contributed by atoms with van der Waals surface area (Å²) in [5.41, 5.74) is 2.69. The molecule has 1 aliphatic heterocycles. The van der Waals surface area contributed by atoms with Gasteiger partial charge in [-0.15, -0.1) is 0 Å². The first kappa shape index (κ1) is 31.7. The molecule has 1 amide bonds. The number of nitrogens with zero attached hydrogens (tertiary/aromatic N) is 5. The quantitative estimate of drug-likeness (QED) is 0.167. The van der Waals surface area contributed by atoms with Crippen LogP contribution in [0.1, 0.15) is 38.3 Å². The molecule has 0 spiro atoms. The number of halogens is 4. The van der Waals surface area contributed by atoms with Crippen molar-refractivity contribution in [2.45, 2.75) is 19.6 Å². The van der Waals surface area contributed by atoms with E-state index < -0.39 is 23.5 Å². The van der Waals surface area contributed by atoms with E-state index >= 15 is 0 Å². The van der Waals surface area contributed by atoms with E-state index in [9.17, 15) is 22.4 Å². The Morgan fingerprint density at radius 1 is 0.979 bits per heavy atom. The Hall–Kier alpha value is -5.25. The zero-order valence-electron chi connectivity index (χ0n) is 25.7. The van der Waals surface area contributed by atoms with Crippen LogP contribution in [0.5, 0.6) is 0 Å². The topological polar surface area (TPSA) is 77.8 Å². The Morgan fingerprint density at radius 2 is 1.79 bits per heavy atom. The van der Waals surface area contributed by atoms with Crippen LogP contribution in [0.4, 0.5) is 34.8 Å². The van der Waals surface area contributed by atoms with E-state index in [-0.39, 0.29) is 29.2 Å². The number of anilines is 3. The lowest BCUT2D eigenvalue weighted by atomic mass is 10.0. The molecule has 2 aromatic carbocycles. The van der Waals surface area contributed by atoms with Crippen molar-refractivity contribution >= 4 is 28.7 Å². The molecule has 6 rings (SSSR count). The number of imidazole rings is 1. The summed E-state index contributed by atoms with van der Waals surface area (Å²) >= 11 is 0. The number of pyridine rings is 2. The number of rotatable bonds is 6. The van der Waals surface area contributed by atoms with Crippen LogP contribution in [0.25, 0.3) is 5.65 Å². The van der Waals surface area contributed by atoms with Crippen LogP contribution in [0.2, 0.25) is 0 Å². The van der Waals surface area contributed by atoms with Gasteiger partial charge in [-0.05, 0) is 79.5 Å². The minimum absolute atomic E-state index is 0.0541. The molecule has 12 heteroatoms. The van der Waals surface area contributed by atoms with Gasteiger partial charge in [0.2, 0.25) is 0 Å². The summed E-state index contributed by atoms with van der Waals surface area (Å²) in [4.78, 5) is 25.8. The Labute approximate surface area is 269 Å². The average molecular weight is 642 g/mol. The summed E-state index contributed by atoms with van der Waals surface area (Å²) in [5, 5.41) is 5.58. The van der Waals surface area contributed by atoms with E-state index in [1.165, 1.54) is 30.5 Å². The highest BCUT2D eigenvalue weighted by molar-refractivity contribution is 6.04. The second kappa shape index (κ2) is 13.2. The first-order valence-electron chi connectivity index (χ1n) is 14.9. The fourth-order valence-corrected chi connectivity index (χ4v) is 5.34. The first-order valence-corrected chi connectivity index (χ1v) is 14.9. The summed E-state index contributed by atoms with van der Waals surface area (Å²) in [5.74, 6) is 5.17. The van der Waals surface area contributed by atoms with Crippen molar-refractivity contribution in [2.24, 2.45) is 0 Å². The third-order valence-electron chi connectivity index (χ3n) is 8.04. The second-order valence-corrected chi connectivity index (χ2v) is 11.4. The molecule has 0 saturated carbocycles. The highest BCUT2D eigenvalue weighted by Gasteiger charge is 2.34. The van der Waals surface area contributed by atoms with E-state index in [1.54, 1.807) is 47.1 Å². The van der Waals surface area contributed by atoms with E-state index in [0.29, 0.717) is 35.7 Å².